The minimum absolute atomic E-state index is 0.0992. The Morgan fingerprint density at radius 1 is 1.00 bits per heavy atom. The maximum atomic E-state index is 12.3. The van der Waals surface area contributed by atoms with Crippen molar-refractivity contribution in [3.63, 3.8) is 0 Å². The normalized spacial score (nSPS) is 14.5. The molecule has 1 heterocycles. The Balaban J connectivity index is 0.000000817. The molecule has 1 aliphatic rings. The summed E-state index contributed by atoms with van der Waals surface area (Å²) in [6.07, 6.45) is 3.57. The summed E-state index contributed by atoms with van der Waals surface area (Å²) < 4.78 is 1.10. The molecule has 1 fully saturated rings. The Hall–Kier alpha value is -2.44. The van der Waals surface area contributed by atoms with Crippen molar-refractivity contribution in [2.45, 2.75) is 6.54 Å². The van der Waals surface area contributed by atoms with Gasteiger partial charge in [0.05, 0.1) is 0 Å². The van der Waals surface area contributed by atoms with E-state index in [1.165, 1.54) is 5.56 Å². The standard InChI is InChI=1S/C20H21BrN2O.CH2O2/c21-19-9-6-18(7-10-19)16-22-12-14-23(15-13-22)20(24)11-8-17-4-2-1-3-5-17;2-1-3/h1-11H,12-16H2;1H,(H,2,3)/b11-8+;. The minimum Gasteiger partial charge on any atom is -0.483 e. The van der Waals surface area contributed by atoms with Crippen molar-refractivity contribution >= 4 is 34.4 Å². The van der Waals surface area contributed by atoms with Crippen LogP contribution >= 0.6 is 15.9 Å². The van der Waals surface area contributed by atoms with E-state index < -0.39 is 0 Å². The van der Waals surface area contributed by atoms with Crippen molar-refractivity contribution in [3.8, 4) is 0 Å². The zero-order valence-electron chi connectivity index (χ0n) is 15.0. The molecule has 2 aromatic rings. The first-order valence-electron chi connectivity index (χ1n) is 8.69. The highest BCUT2D eigenvalue weighted by Gasteiger charge is 2.19. The van der Waals surface area contributed by atoms with Gasteiger partial charge in [0.25, 0.3) is 6.47 Å². The van der Waals surface area contributed by atoms with Crippen LogP contribution in [0, 0.1) is 0 Å². The molecule has 6 heteroatoms. The molecule has 5 nitrogen and oxygen atoms in total. The van der Waals surface area contributed by atoms with Crippen molar-refractivity contribution < 1.29 is 14.7 Å². The van der Waals surface area contributed by atoms with E-state index in [0.29, 0.717) is 0 Å². The first-order chi connectivity index (χ1) is 13.1. The number of benzene rings is 2. The SMILES string of the molecule is O=C(/C=C/c1ccccc1)N1CCN(Cc2ccc(Br)cc2)CC1.O=CO. The number of hydrogen-bond donors (Lipinski definition) is 1. The molecular weight excluding hydrogens is 408 g/mol. The molecule has 0 aliphatic carbocycles. The van der Waals surface area contributed by atoms with Crippen molar-refractivity contribution in [1.29, 1.82) is 0 Å². The maximum absolute atomic E-state index is 12.3. The van der Waals surface area contributed by atoms with Crippen LogP contribution in [0.1, 0.15) is 11.1 Å². The molecule has 0 saturated carbocycles. The molecule has 0 spiro atoms. The van der Waals surface area contributed by atoms with Gasteiger partial charge in [-0.15, -0.1) is 0 Å². The predicted molar refractivity (Wildman–Crippen MR) is 110 cm³/mol. The molecule has 0 atom stereocenters. The van der Waals surface area contributed by atoms with Crippen LogP contribution in [-0.4, -0.2) is 53.5 Å². The van der Waals surface area contributed by atoms with Gasteiger partial charge in [0.15, 0.2) is 0 Å². The molecule has 142 valence electrons. The first-order valence-corrected chi connectivity index (χ1v) is 9.48. The van der Waals surface area contributed by atoms with Crippen LogP contribution in [0.2, 0.25) is 0 Å². The number of rotatable bonds is 4. The number of carboxylic acid groups (broad SMARTS) is 1. The molecule has 27 heavy (non-hydrogen) atoms. The minimum atomic E-state index is -0.250. The van der Waals surface area contributed by atoms with Crippen LogP contribution in [0.25, 0.3) is 6.08 Å². The summed E-state index contributed by atoms with van der Waals surface area (Å²) in [4.78, 5) is 25.0. The van der Waals surface area contributed by atoms with Crippen molar-refractivity contribution in [3.05, 3.63) is 76.3 Å². The largest absolute Gasteiger partial charge is 0.483 e. The number of amides is 1. The molecule has 0 unspecified atom stereocenters. The van der Waals surface area contributed by atoms with E-state index in [2.05, 4.69) is 45.1 Å². The predicted octanol–water partition coefficient (Wildman–Crippen LogP) is 3.51. The molecule has 1 saturated heterocycles. The van der Waals surface area contributed by atoms with Gasteiger partial charge in [-0.1, -0.05) is 58.4 Å². The number of carbonyl (C=O) groups excluding carboxylic acids is 1. The molecule has 2 aromatic carbocycles. The molecule has 1 N–H and O–H groups in total. The lowest BCUT2D eigenvalue weighted by molar-refractivity contribution is -0.127. The quantitative estimate of drug-likeness (QED) is 0.595. The molecule has 0 bridgehead atoms. The van der Waals surface area contributed by atoms with Gasteiger partial charge >= 0.3 is 0 Å². The van der Waals surface area contributed by atoms with Gasteiger partial charge in [0.2, 0.25) is 5.91 Å². The molecule has 0 aromatic heterocycles. The second-order valence-corrected chi connectivity index (χ2v) is 6.99. The van der Waals surface area contributed by atoms with Gasteiger partial charge in [-0.25, -0.2) is 0 Å². The number of carbonyl (C=O) groups is 2. The topological polar surface area (TPSA) is 60.9 Å². The number of piperazine rings is 1. The Morgan fingerprint density at radius 2 is 1.59 bits per heavy atom. The summed E-state index contributed by atoms with van der Waals surface area (Å²) in [6, 6.07) is 18.4. The summed E-state index contributed by atoms with van der Waals surface area (Å²) in [6.45, 7) is 4.10. The molecule has 3 rings (SSSR count). The summed E-state index contributed by atoms with van der Waals surface area (Å²) in [5, 5.41) is 6.89. The van der Waals surface area contributed by atoms with Gasteiger partial charge < -0.3 is 10.0 Å². The van der Waals surface area contributed by atoms with E-state index in [4.69, 9.17) is 9.90 Å². The summed E-state index contributed by atoms with van der Waals surface area (Å²) >= 11 is 3.46. The summed E-state index contributed by atoms with van der Waals surface area (Å²) in [5.74, 6) is 0.0992. The van der Waals surface area contributed by atoms with Gasteiger partial charge in [0.1, 0.15) is 0 Å². The molecule has 1 aliphatic heterocycles. The fourth-order valence-electron chi connectivity index (χ4n) is 2.81. The lowest BCUT2D eigenvalue weighted by Crippen LogP contribution is -2.47. The summed E-state index contributed by atoms with van der Waals surface area (Å²) in [5.41, 5.74) is 2.36. The third-order valence-corrected chi connectivity index (χ3v) is 4.75. The lowest BCUT2D eigenvalue weighted by Gasteiger charge is -2.34. The van der Waals surface area contributed by atoms with E-state index in [9.17, 15) is 4.79 Å². The third-order valence-electron chi connectivity index (χ3n) is 4.22. The smallest absolute Gasteiger partial charge is 0.290 e. The maximum Gasteiger partial charge on any atom is 0.290 e. The van der Waals surface area contributed by atoms with E-state index in [1.807, 2.05) is 41.3 Å². The average molecular weight is 431 g/mol. The average Bonchev–Trinajstić information content (AvgIpc) is 2.70. The lowest BCUT2D eigenvalue weighted by atomic mass is 10.2. The fraction of sp³-hybridized carbons (Fsp3) is 0.238. The van der Waals surface area contributed by atoms with Crippen LogP contribution in [0.15, 0.2) is 65.1 Å². The molecular formula is C21H23BrN2O3. The number of nitrogens with zero attached hydrogens (tertiary/aromatic N) is 2. The second-order valence-electron chi connectivity index (χ2n) is 6.08. The third kappa shape index (κ3) is 7.37. The van der Waals surface area contributed by atoms with Crippen LogP contribution < -0.4 is 0 Å². The fourth-order valence-corrected chi connectivity index (χ4v) is 3.08. The second kappa shape index (κ2) is 11.3. The zero-order valence-corrected chi connectivity index (χ0v) is 16.6. The highest BCUT2D eigenvalue weighted by atomic mass is 79.9. The van der Waals surface area contributed by atoms with Crippen molar-refractivity contribution in [2.24, 2.45) is 0 Å². The first kappa shape index (κ1) is 20.9. The Labute approximate surface area is 168 Å². The monoisotopic (exact) mass is 430 g/mol. The van der Waals surface area contributed by atoms with Gasteiger partial charge in [-0.05, 0) is 29.3 Å². The molecule has 1 amide bonds. The van der Waals surface area contributed by atoms with Gasteiger partial charge in [0, 0.05) is 43.3 Å². The Morgan fingerprint density at radius 3 is 2.19 bits per heavy atom. The van der Waals surface area contributed by atoms with Gasteiger partial charge in [-0.3, -0.25) is 14.5 Å². The number of halogens is 1. The summed E-state index contributed by atoms with van der Waals surface area (Å²) in [7, 11) is 0. The van der Waals surface area contributed by atoms with Crippen LogP contribution in [-0.2, 0) is 16.1 Å². The number of hydrogen-bond acceptors (Lipinski definition) is 3. The Bertz CT molecular complexity index is 740. The van der Waals surface area contributed by atoms with Crippen LogP contribution in [0.3, 0.4) is 0 Å². The highest BCUT2D eigenvalue weighted by Crippen LogP contribution is 2.13. The van der Waals surface area contributed by atoms with E-state index in [0.717, 1.165) is 42.8 Å². The van der Waals surface area contributed by atoms with Gasteiger partial charge in [-0.2, -0.15) is 0 Å². The Kier molecular flexibility index (Phi) is 8.74. The van der Waals surface area contributed by atoms with Crippen LogP contribution in [0.5, 0.6) is 0 Å². The van der Waals surface area contributed by atoms with Crippen molar-refractivity contribution in [1.82, 2.24) is 9.80 Å². The zero-order chi connectivity index (χ0) is 19.5. The van der Waals surface area contributed by atoms with E-state index >= 15 is 0 Å². The van der Waals surface area contributed by atoms with E-state index in [-0.39, 0.29) is 12.4 Å². The molecule has 0 radical (unpaired) electrons. The van der Waals surface area contributed by atoms with Crippen LogP contribution in [0.4, 0.5) is 0 Å². The highest BCUT2D eigenvalue weighted by molar-refractivity contribution is 9.10. The van der Waals surface area contributed by atoms with E-state index in [1.54, 1.807) is 6.08 Å². The van der Waals surface area contributed by atoms with Crippen molar-refractivity contribution in [2.75, 3.05) is 26.2 Å².